The van der Waals surface area contributed by atoms with Gasteiger partial charge in [0, 0.05) is 57.4 Å². The quantitative estimate of drug-likeness (QED) is 0.145. The standard InChI is InChI=1S/C22H24N2.C21H24N2.2ClH/c1-14-9-10-20-19(11-14)18-7-4-8-21(22(18)24-20)23-17-12-15-5-2-3-6-16(15)13-17;1-14-11-12-19-18(13-14)17-9-6-10-20(21(17)23-19)22-15(2)16-7-4-3-5-8-16;;/h2-3,5-6,9-11,17,21,23-24H,4,7-8,12-13H2,1H3;3-5,7-8,11-13,15,20,22-23H,6,9-10H2,1-2H3;2*1H/t;15-,20?;;/m.1../s1. The van der Waals surface area contributed by atoms with Gasteiger partial charge in [0.25, 0.3) is 0 Å². The number of hydrogen-bond acceptors (Lipinski definition) is 2. The maximum Gasteiger partial charge on any atom is 0.0480 e. The van der Waals surface area contributed by atoms with Crippen LogP contribution in [0.3, 0.4) is 0 Å². The van der Waals surface area contributed by atoms with E-state index in [0.717, 1.165) is 0 Å². The fourth-order valence-corrected chi connectivity index (χ4v) is 8.59. The van der Waals surface area contributed by atoms with Crippen molar-refractivity contribution in [2.45, 2.75) is 96.3 Å². The van der Waals surface area contributed by atoms with E-state index < -0.39 is 0 Å². The maximum atomic E-state index is 3.97. The van der Waals surface area contributed by atoms with Crippen LogP contribution in [0.4, 0.5) is 0 Å². The first-order valence-corrected chi connectivity index (χ1v) is 17.9. The highest BCUT2D eigenvalue weighted by Gasteiger charge is 2.29. The summed E-state index contributed by atoms with van der Waals surface area (Å²) in [6.07, 6.45) is 9.72. The number of fused-ring (bicyclic) bond motifs is 7. The van der Waals surface area contributed by atoms with E-state index in [2.05, 4.69) is 132 Å². The number of aromatic amines is 2. The smallest absolute Gasteiger partial charge is 0.0480 e. The van der Waals surface area contributed by atoms with Gasteiger partial charge in [0.05, 0.1) is 0 Å². The van der Waals surface area contributed by atoms with E-state index >= 15 is 0 Å². The van der Waals surface area contributed by atoms with Gasteiger partial charge in [-0.05, 0) is 124 Å². The molecule has 3 aliphatic rings. The molecule has 2 unspecified atom stereocenters. The molecule has 0 amide bonds. The van der Waals surface area contributed by atoms with Crippen molar-refractivity contribution < 1.29 is 0 Å². The molecule has 4 aromatic carbocycles. The third kappa shape index (κ3) is 7.21. The van der Waals surface area contributed by atoms with Gasteiger partial charge in [-0.3, -0.25) is 0 Å². The molecule has 9 rings (SSSR count). The maximum absolute atomic E-state index is 3.97. The van der Waals surface area contributed by atoms with Crippen molar-refractivity contribution in [2.24, 2.45) is 0 Å². The van der Waals surface area contributed by atoms with Crippen molar-refractivity contribution in [1.82, 2.24) is 20.6 Å². The molecule has 4 N–H and O–H groups in total. The molecular weight excluding hydrogens is 643 g/mol. The average Bonchev–Trinajstić information content (AvgIpc) is 3.79. The van der Waals surface area contributed by atoms with E-state index in [1.165, 1.54) is 118 Å². The normalized spacial score (nSPS) is 18.8. The third-order valence-corrected chi connectivity index (χ3v) is 11.0. The molecule has 0 spiro atoms. The Balaban J connectivity index is 0.000000164. The van der Waals surface area contributed by atoms with Crippen LogP contribution < -0.4 is 10.6 Å². The van der Waals surface area contributed by atoms with Gasteiger partial charge < -0.3 is 20.6 Å². The van der Waals surface area contributed by atoms with Crippen molar-refractivity contribution >= 4 is 46.6 Å². The summed E-state index contributed by atoms with van der Waals surface area (Å²) in [5, 5.41) is 10.7. The van der Waals surface area contributed by atoms with E-state index in [4.69, 9.17) is 0 Å². The van der Waals surface area contributed by atoms with Crippen LogP contribution in [0.25, 0.3) is 21.8 Å². The summed E-state index contributed by atoms with van der Waals surface area (Å²) in [5.41, 5.74) is 15.6. The first kappa shape index (κ1) is 35.3. The number of hydrogen-bond donors (Lipinski definition) is 4. The molecule has 0 radical (unpaired) electrons. The Hall–Kier alpha value is -3.54. The van der Waals surface area contributed by atoms with Crippen molar-refractivity contribution in [3.8, 4) is 0 Å². The molecule has 4 nitrogen and oxygen atoms in total. The Bertz CT molecular complexity index is 2000. The molecule has 0 bridgehead atoms. The minimum Gasteiger partial charge on any atom is -0.357 e. The number of rotatable bonds is 5. The summed E-state index contributed by atoms with van der Waals surface area (Å²) in [4.78, 5) is 7.41. The molecule has 49 heavy (non-hydrogen) atoms. The van der Waals surface area contributed by atoms with Gasteiger partial charge >= 0.3 is 0 Å². The zero-order chi connectivity index (χ0) is 31.9. The van der Waals surface area contributed by atoms with Crippen LogP contribution >= 0.6 is 24.8 Å². The highest BCUT2D eigenvalue weighted by atomic mass is 35.5. The molecule has 2 heterocycles. The van der Waals surface area contributed by atoms with Crippen molar-refractivity contribution in [3.05, 3.63) is 141 Å². The second-order valence-electron chi connectivity index (χ2n) is 14.4. The molecule has 0 saturated heterocycles. The molecular formula is C43H50Cl2N4. The minimum absolute atomic E-state index is 0. The van der Waals surface area contributed by atoms with Crippen LogP contribution in [-0.4, -0.2) is 16.0 Å². The van der Waals surface area contributed by atoms with Gasteiger partial charge in [0.2, 0.25) is 0 Å². The summed E-state index contributed by atoms with van der Waals surface area (Å²) in [6.45, 7) is 6.62. The largest absolute Gasteiger partial charge is 0.357 e. The summed E-state index contributed by atoms with van der Waals surface area (Å²) in [7, 11) is 0. The average molecular weight is 694 g/mol. The van der Waals surface area contributed by atoms with Crippen LogP contribution in [0.15, 0.2) is 91.0 Å². The summed E-state index contributed by atoms with van der Waals surface area (Å²) in [5.74, 6) is 0. The number of halogens is 2. The molecule has 0 fully saturated rings. The van der Waals surface area contributed by atoms with Crippen LogP contribution in [-0.2, 0) is 25.7 Å². The summed E-state index contributed by atoms with van der Waals surface area (Å²) < 4.78 is 0. The lowest BCUT2D eigenvalue weighted by molar-refractivity contribution is 0.396. The fourth-order valence-electron chi connectivity index (χ4n) is 8.59. The first-order chi connectivity index (χ1) is 23.0. The van der Waals surface area contributed by atoms with E-state index in [1.54, 1.807) is 5.56 Å². The Morgan fingerprint density at radius 1 is 0.633 bits per heavy atom. The van der Waals surface area contributed by atoms with Crippen LogP contribution in [0, 0.1) is 13.8 Å². The first-order valence-electron chi connectivity index (χ1n) is 17.9. The molecule has 6 heteroatoms. The molecule has 2 aromatic heterocycles. The summed E-state index contributed by atoms with van der Waals surface area (Å²) >= 11 is 0. The lowest BCUT2D eigenvalue weighted by atomic mass is 9.90. The predicted octanol–water partition coefficient (Wildman–Crippen LogP) is 10.7. The fraction of sp³-hybridized carbons (Fsp3) is 0.349. The molecule has 0 saturated carbocycles. The Morgan fingerprint density at radius 2 is 1.14 bits per heavy atom. The van der Waals surface area contributed by atoms with Crippen molar-refractivity contribution in [2.75, 3.05) is 0 Å². The van der Waals surface area contributed by atoms with Crippen LogP contribution in [0.5, 0.6) is 0 Å². The Kier molecular flexibility index (Phi) is 10.9. The van der Waals surface area contributed by atoms with Crippen molar-refractivity contribution in [1.29, 1.82) is 0 Å². The molecule has 3 aliphatic carbocycles. The van der Waals surface area contributed by atoms with Gasteiger partial charge in [0.1, 0.15) is 0 Å². The second kappa shape index (κ2) is 15.1. The third-order valence-electron chi connectivity index (χ3n) is 11.0. The minimum atomic E-state index is 0. The van der Waals surface area contributed by atoms with Gasteiger partial charge in [-0.1, -0.05) is 77.9 Å². The van der Waals surface area contributed by atoms with Gasteiger partial charge in [-0.25, -0.2) is 0 Å². The molecule has 6 aromatic rings. The SMILES string of the molecule is Cc1ccc2[nH]c3c(c2c1)CCCC3NC1Cc2ccccc2C1.Cc1ccc2[nH]c3c(c2c1)CCCC3N[C@H](C)c1ccccc1.Cl.Cl. The molecule has 0 aliphatic heterocycles. The van der Waals surface area contributed by atoms with E-state index in [1.807, 2.05) is 0 Å². The Morgan fingerprint density at radius 3 is 1.71 bits per heavy atom. The molecule has 256 valence electrons. The predicted molar refractivity (Wildman–Crippen MR) is 211 cm³/mol. The zero-order valence-corrected chi connectivity index (χ0v) is 30.6. The number of benzene rings is 4. The lowest BCUT2D eigenvalue weighted by Crippen LogP contribution is -2.35. The number of H-pyrrole nitrogens is 2. The second-order valence-corrected chi connectivity index (χ2v) is 14.4. The van der Waals surface area contributed by atoms with E-state index in [-0.39, 0.29) is 24.8 Å². The number of nitrogens with one attached hydrogen (secondary N) is 4. The monoisotopic (exact) mass is 692 g/mol. The van der Waals surface area contributed by atoms with Gasteiger partial charge in [0.15, 0.2) is 0 Å². The van der Waals surface area contributed by atoms with Crippen molar-refractivity contribution in [3.63, 3.8) is 0 Å². The highest BCUT2D eigenvalue weighted by Crippen LogP contribution is 2.38. The van der Waals surface area contributed by atoms with Gasteiger partial charge in [-0.2, -0.15) is 0 Å². The van der Waals surface area contributed by atoms with Crippen LogP contribution in [0.2, 0.25) is 0 Å². The Labute approximate surface area is 303 Å². The lowest BCUT2D eigenvalue weighted by Gasteiger charge is -2.27. The van der Waals surface area contributed by atoms with E-state index in [9.17, 15) is 0 Å². The number of aromatic nitrogens is 2. The van der Waals surface area contributed by atoms with Crippen LogP contribution in [0.1, 0.15) is 101 Å². The zero-order valence-electron chi connectivity index (χ0n) is 28.9. The highest BCUT2D eigenvalue weighted by molar-refractivity contribution is 5.87. The topological polar surface area (TPSA) is 55.6 Å². The van der Waals surface area contributed by atoms with E-state index in [0.29, 0.717) is 24.2 Å². The molecule has 3 atom stereocenters. The van der Waals surface area contributed by atoms with Gasteiger partial charge in [-0.15, -0.1) is 24.8 Å². The summed E-state index contributed by atoms with van der Waals surface area (Å²) in [6, 6.07) is 35.0. The number of aryl methyl sites for hydroxylation is 4.